The molecule has 3 rings (SSSR count). The van der Waals surface area contributed by atoms with Gasteiger partial charge in [0.25, 0.3) is 5.91 Å². The van der Waals surface area contributed by atoms with Crippen LogP contribution in [0.4, 0.5) is 18.3 Å². The average molecular weight is 369 g/mol. The first-order valence-electron chi connectivity index (χ1n) is 6.61. The molecule has 122 valence electrons. The zero-order chi connectivity index (χ0) is 17.3. The first-order chi connectivity index (χ1) is 11.4. The monoisotopic (exact) mass is 368 g/mol. The minimum Gasteiger partial charge on any atom is -0.298 e. The molecular formula is C16H8ClF3N2OS. The Morgan fingerprint density at radius 1 is 1.08 bits per heavy atom. The molecule has 3 nitrogen and oxygen atoms in total. The highest BCUT2D eigenvalue weighted by Gasteiger charge is 2.15. The number of carbonyl (C=O) groups excluding carboxylic acids is 1. The van der Waals surface area contributed by atoms with Crippen LogP contribution in [0, 0.1) is 17.5 Å². The molecule has 1 amide bonds. The van der Waals surface area contributed by atoms with Crippen molar-refractivity contribution in [2.75, 3.05) is 5.32 Å². The maximum Gasteiger partial charge on any atom is 0.260 e. The SMILES string of the molecule is O=C(Nc1nc(-c2cc(F)ccc2F)cs1)c1ccc(Cl)cc1F. The van der Waals surface area contributed by atoms with E-state index in [1.165, 1.54) is 17.5 Å². The Labute approximate surface area is 143 Å². The number of nitrogens with zero attached hydrogens (tertiary/aromatic N) is 1. The van der Waals surface area contributed by atoms with Gasteiger partial charge < -0.3 is 0 Å². The number of aromatic nitrogens is 1. The largest absolute Gasteiger partial charge is 0.298 e. The fraction of sp³-hybridized carbons (Fsp3) is 0. The molecule has 0 aliphatic rings. The first kappa shape index (κ1) is 16.5. The highest BCUT2D eigenvalue weighted by atomic mass is 35.5. The number of halogens is 4. The van der Waals surface area contributed by atoms with Gasteiger partial charge in [0, 0.05) is 16.0 Å². The van der Waals surface area contributed by atoms with Gasteiger partial charge in [0.2, 0.25) is 0 Å². The van der Waals surface area contributed by atoms with Crippen LogP contribution in [0.15, 0.2) is 41.8 Å². The third-order valence-electron chi connectivity index (χ3n) is 3.10. The van der Waals surface area contributed by atoms with E-state index in [2.05, 4.69) is 10.3 Å². The number of nitrogens with one attached hydrogen (secondary N) is 1. The summed E-state index contributed by atoms with van der Waals surface area (Å²) < 4.78 is 40.7. The van der Waals surface area contributed by atoms with Crippen LogP contribution in [0.3, 0.4) is 0 Å². The second-order valence-corrected chi connectivity index (χ2v) is 6.03. The Hall–Kier alpha value is -2.38. The summed E-state index contributed by atoms with van der Waals surface area (Å²) >= 11 is 6.64. The predicted molar refractivity (Wildman–Crippen MR) is 86.8 cm³/mol. The van der Waals surface area contributed by atoms with Gasteiger partial charge in [-0.15, -0.1) is 11.3 Å². The summed E-state index contributed by atoms with van der Waals surface area (Å²) in [5.74, 6) is -2.73. The van der Waals surface area contributed by atoms with Gasteiger partial charge in [0.15, 0.2) is 5.13 Å². The van der Waals surface area contributed by atoms with Crippen molar-refractivity contribution in [1.82, 2.24) is 4.98 Å². The second kappa shape index (κ2) is 6.62. The van der Waals surface area contributed by atoms with Crippen LogP contribution in [-0.2, 0) is 0 Å². The van der Waals surface area contributed by atoms with Crippen molar-refractivity contribution in [3.05, 3.63) is 69.8 Å². The van der Waals surface area contributed by atoms with Crippen LogP contribution in [-0.4, -0.2) is 10.9 Å². The molecule has 0 radical (unpaired) electrons. The molecule has 2 aromatic carbocycles. The van der Waals surface area contributed by atoms with Crippen LogP contribution >= 0.6 is 22.9 Å². The van der Waals surface area contributed by atoms with E-state index in [0.29, 0.717) is 0 Å². The maximum atomic E-state index is 13.7. The van der Waals surface area contributed by atoms with Crippen molar-refractivity contribution < 1.29 is 18.0 Å². The van der Waals surface area contributed by atoms with Gasteiger partial charge in [-0.3, -0.25) is 10.1 Å². The van der Waals surface area contributed by atoms with Gasteiger partial charge in [0.05, 0.1) is 11.3 Å². The molecule has 0 aliphatic carbocycles. The summed E-state index contributed by atoms with van der Waals surface area (Å²) in [4.78, 5) is 16.1. The lowest BCUT2D eigenvalue weighted by Crippen LogP contribution is -2.13. The fourth-order valence-electron chi connectivity index (χ4n) is 1.99. The third-order valence-corrected chi connectivity index (χ3v) is 4.10. The lowest BCUT2D eigenvalue weighted by molar-refractivity contribution is 0.102. The normalized spacial score (nSPS) is 10.7. The summed E-state index contributed by atoms with van der Waals surface area (Å²) in [7, 11) is 0. The summed E-state index contributed by atoms with van der Waals surface area (Å²) in [5.41, 5.74) is -0.0543. The molecule has 0 saturated carbocycles. The van der Waals surface area contributed by atoms with E-state index in [1.54, 1.807) is 0 Å². The standard InChI is InChI=1S/C16H8ClF3N2OS/c17-8-1-3-10(13(20)5-8)15(23)22-16-21-14(7-24-16)11-6-9(18)2-4-12(11)19/h1-7H,(H,21,22,23). The lowest BCUT2D eigenvalue weighted by Gasteiger charge is -2.03. The summed E-state index contributed by atoms with van der Waals surface area (Å²) in [6.45, 7) is 0. The number of thiazole rings is 1. The molecule has 0 fully saturated rings. The van der Waals surface area contributed by atoms with Crippen LogP contribution in [0.2, 0.25) is 5.02 Å². The van der Waals surface area contributed by atoms with E-state index in [0.717, 1.165) is 35.6 Å². The van der Waals surface area contributed by atoms with E-state index in [4.69, 9.17) is 11.6 Å². The van der Waals surface area contributed by atoms with Crippen LogP contribution < -0.4 is 5.32 Å². The van der Waals surface area contributed by atoms with E-state index in [1.807, 2.05) is 0 Å². The van der Waals surface area contributed by atoms with Gasteiger partial charge in [-0.1, -0.05) is 11.6 Å². The molecule has 1 N–H and O–H groups in total. The van der Waals surface area contributed by atoms with Crippen molar-refractivity contribution in [3.8, 4) is 11.3 Å². The topological polar surface area (TPSA) is 42.0 Å². The van der Waals surface area contributed by atoms with E-state index < -0.39 is 23.4 Å². The Balaban J connectivity index is 1.83. The molecule has 0 aliphatic heterocycles. The number of anilines is 1. The Kier molecular flexibility index (Phi) is 4.55. The number of carbonyl (C=O) groups is 1. The number of hydrogen-bond donors (Lipinski definition) is 1. The van der Waals surface area contributed by atoms with E-state index >= 15 is 0 Å². The van der Waals surface area contributed by atoms with Gasteiger partial charge in [-0.2, -0.15) is 0 Å². The van der Waals surface area contributed by atoms with Gasteiger partial charge in [-0.25, -0.2) is 18.2 Å². The van der Waals surface area contributed by atoms with E-state index in [9.17, 15) is 18.0 Å². The van der Waals surface area contributed by atoms with Crippen molar-refractivity contribution >= 4 is 34.0 Å². The quantitative estimate of drug-likeness (QED) is 0.696. The van der Waals surface area contributed by atoms with Gasteiger partial charge in [-0.05, 0) is 36.4 Å². The minimum absolute atomic E-state index is 0.0237. The number of hydrogen-bond acceptors (Lipinski definition) is 3. The zero-order valence-corrected chi connectivity index (χ0v) is 13.4. The second-order valence-electron chi connectivity index (χ2n) is 4.74. The molecule has 1 heterocycles. The maximum absolute atomic E-state index is 13.7. The third kappa shape index (κ3) is 3.42. The molecule has 1 aromatic heterocycles. The predicted octanol–water partition coefficient (Wildman–Crippen LogP) is 5.13. The number of benzene rings is 2. The van der Waals surface area contributed by atoms with Gasteiger partial charge >= 0.3 is 0 Å². The number of rotatable bonds is 3. The van der Waals surface area contributed by atoms with Crippen LogP contribution in [0.1, 0.15) is 10.4 Å². The Bertz CT molecular complexity index is 929. The van der Waals surface area contributed by atoms with Crippen molar-refractivity contribution in [3.63, 3.8) is 0 Å². The van der Waals surface area contributed by atoms with Crippen LogP contribution in [0.5, 0.6) is 0 Å². The molecule has 0 unspecified atom stereocenters. The Morgan fingerprint density at radius 3 is 2.62 bits per heavy atom. The summed E-state index contributed by atoms with van der Waals surface area (Å²) in [5, 5.41) is 4.18. The zero-order valence-electron chi connectivity index (χ0n) is 11.8. The summed E-state index contributed by atoms with van der Waals surface area (Å²) in [6, 6.07) is 6.64. The summed E-state index contributed by atoms with van der Waals surface area (Å²) in [6.07, 6.45) is 0. The molecule has 0 bridgehead atoms. The highest BCUT2D eigenvalue weighted by Crippen LogP contribution is 2.28. The smallest absolute Gasteiger partial charge is 0.260 e. The molecule has 24 heavy (non-hydrogen) atoms. The highest BCUT2D eigenvalue weighted by molar-refractivity contribution is 7.14. The first-order valence-corrected chi connectivity index (χ1v) is 7.87. The van der Waals surface area contributed by atoms with Gasteiger partial charge in [0.1, 0.15) is 17.5 Å². The molecular weight excluding hydrogens is 361 g/mol. The molecule has 0 saturated heterocycles. The molecule has 3 aromatic rings. The van der Waals surface area contributed by atoms with E-state index in [-0.39, 0.29) is 27.0 Å². The van der Waals surface area contributed by atoms with Crippen LogP contribution in [0.25, 0.3) is 11.3 Å². The molecule has 8 heteroatoms. The molecule has 0 atom stereocenters. The van der Waals surface area contributed by atoms with Crippen molar-refractivity contribution in [1.29, 1.82) is 0 Å². The molecule has 0 spiro atoms. The fourth-order valence-corrected chi connectivity index (χ4v) is 2.85. The minimum atomic E-state index is -0.770. The Morgan fingerprint density at radius 2 is 1.88 bits per heavy atom. The van der Waals surface area contributed by atoms with Crippen molar-refractivity contribution in [2.45, 2.75) is 0 Å². The van der Waals surface area contributed by atoms with Crippen molar-refractivity contribution in [2.24, 2.45) is 0 Å². The lowest BCUT2D eigenvalue weighted by atomic mass is 10.1. The average Bonchev–Trinajstić information content (AvgIpc) is 2.97. The number of amides is 1.